The number of fused-ring (bicyclic) bond motifs is 3. The molecule has 0 aliphatic heterocycles. The largest absolute Gasteiger partial charge is 0.389 e. The van der Waals surface area contributed by atoms with E-state index in [9.17, 15) is 0 Å². The first kappa shape index (κ1) is 9.23. The average Bonchev–Trinajstić information content (AvgIpc) is 2.63. The molecule has 0 aliphatic carbocycles. The maximum absolute atomic E-state index is 5.75. The zero-order valence-corrected chi connectivity index (χ0v) is 9.11. The zero-order chi connectivity index (χ0) is 11.1. The van der Waals surface area contributed by atoms with Crippen LogP contribution >= 0.6 is 12.2 Å². The molecule has 0 saturated carbocycles. The van der Waals surface area contributed by atoms with E-state index in [0.29, 0.717) is 4.99 Å². The molecular weight excluding hydrogens is 220 g/mol. The summed E-state index contributed by atoms with van der Waals surface area (Å²) in [7, 11) is 0. The Bertz CT molecular complexity index is 648. The number of pyridine rings is 1. The first-order valence-corrected chi connectivity index (χ1v) is 5.18. The Hall–Kier alpha value is -2.01. The van der Waals surface area contributed by atoms with Crippen LogP contribution in [0.1, 0.15) is 5.56 Å². The lowest BCUT2D eigenvalue weighted by Gasteiger charge is -1.96. The summed E-state index contributed by atoms with van der Waals surface area (Å²) in [6.07, 6.45) is 5.21. The van der Waals surface area contributed by atoms with E-state index >= 15 is 0 Å². The molecule has 4 nitrogen and oxygen atoms in total. The summed E-state index contributed by atoms with van der Waals surface area (Å²) < 4.78 is 1.99. The van der Waals surface area contributed by atoms with Crippen molar-refractivity contribution in [3.63, 3.8) is 0 Å². The topological polar surface area (TPSA) is 56.2 Å². The van der Waals surface area contributed by atoms with Gasteiger partial charge in [0.1, 0.15) is 16.8 Å². The van der Waals surface area contributed by atoms with Crippen molar-refractivity contribution in [3.8, 4) is 0 Å². The van der Waals surface area contributed by atoms with Crippen LogP contribution in [-0.4, -0.2) is 19.4 Å². The highest BCUT2D eigenvalue weighted by Gasteiger charge is 2.13. The van der Waals surface area contributed by atoms with Crippen LogP contribution in [0.5, 0.6) is 0 Å². The Kier molecular flexibility index (Phi) is 1.87. The van der Waals surface area contributed by atoms with E-state index in [0.717, 1.165) is 22.1 Å². The van der Waals surface area contributed by atoms with Gasteiger partial charge in [-0.3, -0.25) is 0 Å². The van der Waals surface area contributed by atoms with Crippen LogP contribution in [0, 0.1) is 0 Å². The van der Waals surface area contributed by atoms with Crippen LogP contribution in [0.15, 0.2) is 36.9 Å². The van der Waals surface area contributed by atoms with Gasteiger partial charge >= 0.3 is 0 Å². The zero-order valence-electron chi connectivity index (χ0n) is 8.29. The molecule has 0 aromatic carbocycles. The highest BCUT2D eigenvalue weighted by Crippen LogP contribution is 2.23. The molecule has 78 valence electrons. The fourth-order valence-corrected chi connectivity index (χ4v) is 2.11. The number of nitrogens with two attached hydrogens (primary N) is 1. The van der Waals surface area contributed by atoms with Gasteiger partial charge in [-0.15, -0.1) is 0 Å². The SMILES string of the molecule is NC(=S)c1c2ncncc2n2ccccc12. The highest BCUT2D eigenvalue weighted by molar-refractivity contribution is 7.80. The minimum absolute atomic E-state index is 0.359. The number of hydrogen-bond acceptors (Lipinski definition) is 3. The number of thiocarbonyl (C=S) groups is 1. The van der Waals surface area contributed by atoms with Crippen LogP contribution in [0.4, 0.5) is 0 Å². The summed E-state index contributed by atoms with van der Waals surface area (Å²) in [6, 6.07) is 5.86. The van der Waals surface area contributed by atoms with Gasteiger partial charge in [-0.1, -0.05) is 18.3 Å². The first-order chi connectivity index (χ1) is 7.79. The second kappa shape index (κ2) is 3.24. The van der Waals surface area contributed by atoms with E-state index in [1.807, 2.05) is 28.8 Å². The molecule has 0 aliphatic rings. The summed E-state index contributed by atoms with van der Waals surface area (Å²) in [5, 5.41) is 0. The number of rotatable bonds is 1. The molecule has 16 heavy (non-hydrogen) atoms. The molecule has 3 aromatic heterocycles. The molecule has 3 rings (SSSR count). The molecule has 5 heteroatoms. The lowest BCUT2D eigenvalue weighted by atomic mass is 10.2. The smallest absolute Gasteiger partial charge is 0.116 e. The Labute approximate surface area is 96.7 Å². The molecule has 0 spiro atoms. The van der Waals surface area contributed by atoms with E-state index in [1.165, 1.54) is 6.33 Å². The van der Waals surface area contributed by atoms with E-state index in [1.54, 1.807) is 6.20 Å². The Morgan fingerprint density at radius 3 is 3.00 bits per heavy atom. The fourth-order valence-electron chi connectivity index (χ4n) is 1.91. The summed E-state index contributed by atoms with van der Waals surface area (Å²) >= 11 is 5.07. The van der Waals surface area contributed by atoms with Gasteiger partial charge in [0.15, 0.2) is 0 Å². The van der Waals surface area contributed by atoms with Gasteiger partial charge in [0, 0.05) is 6.20 Å². The van der Waals surface area contributed by atoms with Gasteiger partial charge < -0.3 is 10.1 Å². The van der Waals surface area contributed by atoms with Crippen LogP contribution in [0.3, 0.4) is 0 Å². The Balaban J connectivity index is 2.64. The third kappa shape index (κ3) is 1.12. The van der Waals surface area contributed by atoms with Crippen molar-refractivity contribution in [1.29, 1.82) is 0 Å². The van der Waals surface area contributed by atoms with Crippen molar-refractivity contribution < 1.29 is 0 Å². The summed E-state index contributed by atoms with van der Waals surface area (Å²) in [5.41, 5.74) is 9.24. The van der Waals surface area contributed by atoms with Crippen molar-refractivity contribution in [2.45, 2.75) is 0 Å². The van der Waals surface area contributed by atoms with Gasteiger partial charge in [0.2, 0.25) is 0 Å². The van der Waals surface area contributed by atoms with Crippen molar-refractivity contribution >= 4 is 33.8 Å². The molecule has 0 atom stereocenters. The summed E-state index contributed by atoms with van der Waals surface area (Å²) in [6.45, 7) is 0. The molecule has 0 amide bonds. The number of hydrogen-bond donors (Lipinski definition) is 1. The summed E-state index contributed by atoms with van der Waals surface area (Å²) in [4.78, 5) is 8.62. The number of aromatic nitrogens is 3. The van der Waals surface area contributed by atoms with E-state index in [2.05, 4.69) is 9.97 Å². The van der Waals surface area contributed by atoms with Gasteiger partial charge in [0.25, 0.3) is 0 Å². The van der Waals surface area contributed by atoms with E-state index in [4.69, 9.17) is 18.0 Å². The van der Waals surface area contributed by atoms with E-state index in [-0.39, 0.29) is 0 Å². The maximum atomic E-state index is 5.75. The molecular formula is C11H8N4S. The molecule has 0 radical (unpaired) electrons. The lowest BCUT2D eigenvalue weighted by molar-refractivity contribution is 1.18. The third-order valence-electron chi connectivity index (χ3n) is 2.55. The molecule has 3 heterocycles. The molecule has 2 N–H and O–H groups in total. The van der Waals surface area contributed by atoms with E-state index < -0.39 is 0 Å². The van der Waals surface area contributed by atoms with Gasteiger partial charge in [-0.05, 0) is 12.1 Å². The summed E-state index contributed by atoms with van der Waals surface area (Å²) in [5.74, 6) is 0. The molecule has 0 fully saturated rings. The standard InChI is InChI=1S/C11H8N4S/c12-11(16)9-7-3-1-2-4-15(7)8-5-13-6-14-10(8)9/h1-6H,(H2,12,16). The minimum Gasteiger partial charge on any atom is -0.389 e. The molecule has 0 unspecified atom stereocenters. The monoisotopic (exact) mass is 228 g/mol. The van der Waals surface area contributed by atoms with Crippen molar-refractivity contribution in [2.24, 2.45) is 5.73 Å². The predicted octanol–water partition coefficient (Wildman–Crippen LogP) is 1.52. The molecule has 0 bridgehead atoms. The van der Waals surface area contributed by atoms with Crippen LogP contribution in [0.2, 0.25) is 0 Å². The predicted molar refractivity (Wildman–Crippen MR) is 66.4 cm³/mol. The molecule has 0 saturated heterocycles. The first-order valence-electron chi connectivity index (χ1n) is 4.77. The Morgan fingerprint density at radius 1 is 1.31 bits per heavy atom. The Morgan fingerprint density at radius 2 is 2.19 bits per heavy atom. The van der Waals surface area contributed by atoms with Crippen LogP contribution in [0.25, 0.3) is 16.6 Å². The van der Waals surface area contributed by atoms with Crippen molar-refractivity contribution in [2.75, 3.05) is 0 Å². The van der Waals surface area contributed by atoms with Gasteiger partial charge in [-0.25, -0.2) is 9.97 Å². The van der Waals surface area contributed by atoms with Crippen molar-refractivity contribution in [3.05, 3.63) is 42.5 Å². The second-order valence-electron chi connectivity index (χ2n) is 3.45. The quantitative estimate of drug-likeness (QED) is 0.641. The van der Waals surface area contributed by atoms with Gasteiger partial charge in [-0.2, -0.15) is 0 Å². The lowest BCUT2D eigenvalue weighted by Crippen LogP contribution is -2.09. The highest BCUT2D eigenvalue weighted by atomic mass is 32.1. The minimum atomic E-state index is 0.359. The second-order valence-corrected chi connectivity index (χ2v) is 3.89. The van der Waals surface area contributed by atoms with Crippen LogP contribution in [-0.2, 0) is 0 Å². The van der Waals surface area contributed by atoms with Gasteiger partial charge in [0.05, 0.1) is 22.8 Å². The van der Waals surface area contributed by atoms with Crippen LogP contribution < -0.4 is 5.73 Å². The maximum Gasteiger partial charge on any atom is 0.116 e. The van der Waals surface area contributed by atoms with Crippen molar-refractivity contribution in [1.82, 2.24) is 14.4 Å². The molecule has 3 aromatic rings. The third-order valence-corrected chi connectivity index (χ3v) is 2.76. The fraction of sp³-hybridized carbons (Fsp3) is 0. The normalized spacial score (nSPS) is 11.0. The average molecular weight is 228 g/mol. The number of nitrogens with zero attached hydrogens (tertiary/aromatic N) is 3.